The van der Waals surface area contributed by atoms with Gasteiger partial charge in [-0.3, -0.25) is 4.79 Å². The van der Waals surface area contributed by atoms with Crippen molar-refractivity contribution in [1.29, 1.82) is 0 Å². The third kappa shape index (κ3) is 2.79. The Morgan fingerprint density at radius 3 is 3.04 bits per heavy atom. The van der Waals surface area contributed by atoms with Crippen molar-refractivity contribution < 1.29 is 4.79 Å². The molecule has 1 amide bonds. The van der Waals surface area contributed by atoms with E-state index in [1.54, 1.807) is 17.7 Å². The summed E-state index contributed by atoms with van der Waals surface area (Å²) in [6.45, 7) is 4.82. The van der Waals surface area contributed by atoms with Gasteiger partial charge in [-0.05, 0) is 54.0 Å². The number of nitrogens with two attached hydrogens (primary N) is 1. The molecule has 0 fully saturated rings. The zero-order valence-corrected chi connectivity index (χ0v) is 15.8. The van der Waals surface area contributed by atoms with Crippen molar-refractivity contribution in [3.63, 3.8) is 0 Å². The van der Waals surface area contributed by atoms with Gasteiger partial charge in [-0.25, -0.2) is 9.97 Å². The summed E-state index contributed by atoms with van der Waals surface area (Å²) in [5.74, 6) is 0.0857. The van der Waals surface area contributed by atoms with Crippen molar-refractivity contribution in [2.45, 2.75) is 38.6 Å². The highest BCUT2D eigenvalue weighted by atomic mass is 32.1. The van der Waals surface area contributed by atoms with Crippen molar-refractivity contribution in [2.75, 3.05) is 6.54 Å². The zero-order valence-electron chi connectivity index (χ0n) is 15.0. The molecule has 0 bridgehead atoms. The predicted octanol–water partition coefficient (Wildman–Crippen LogP) is 3.48. The minimum absolute atomic E-state index is 0.0234. The topological polar surface area (TPSA) is 80.9 Å². The number of carbonyl (C=O) groups excluding carboxylic acids is 1. The number of nitrogens with one attached hydrogen (secondary N) is 1. The summed E-state index contributed by atoms with van der Waals surface area (Å²) in [6, 6.07) is 5.74. The van der Waals surface area contributed by atoms with E-state index in [9.17, 15) is 4.79 Å². The van der Waals surface area contributed by atoms with E-state index in [1.165, 1.54) is 5.56 Å². The Labute approximate surface area is 156 Å². The van der Waals surface area contributed by atoms with Crippen molar-refractivity contribution in [2.24, 2.45) is 5.73 Å². The van der Waals surface area contributed by atoms with Crippen LogP contribution in [0.25, 0.3) is 10.2 Å². The average Bonchev–Trinajstić information content (AvgIpc) is 3.20. The lowest BCUT2D eigenvalue weighted by atomic mass is 9.94. The van der Waals surface area contributed by atoms with Gasteiger partial charge in [0, 0.05) is 29.5 Å². The van der Waals surface area contributed by atoms with Crippen LogP contribution in [0.2, 0.25) is 0 Å². The van der Waals surface area contributed by atoms with Gasteiger partial charge < -0.3 is 11.1 Å². The number of amides is 1. The Hall–Kier alpha value is -2.31. The van der Waals surface area contributed by atoms with Crippen molar-refractivity contribution in [3.05, 3.63) is 57.9 Å². The van der Waals surface area contributed by atoms with Crippen molar-refractivity contribution in [1.82, 2.24) is 15.3 Å². The first kappa shape index (κ1) is 17.1. The van der Waals surface area contributed by atoms with E-state index in [-0.39, 0.29) is 17.9 Å². The van der Waals surface area contributed by atoms with E-state index < -0.39 is 0 Å². The van der Waals surface area contributed by atoms with Crippen molar-refractivity contribution in [3.8, 4) is 0 Å². The summed E-state index contributed by atoms with van der Waals surface area (Å²) >= 11 is 1.64. The van der Waals surface area contributed by atoms with Crippen LogP contribution in [0.3, 0.4) is 0 Å². The van der Waals surface area contributed by atoms with Crippen LogP contribution in [-0.2, 0) is 6.42 Å². The second-order valence-electron chi connectivity index (χ2n) is 6.86. The van der Waals surface area contributed by atoms with Gasteiger partial charge in [0.25, 0.3) is 5.91 Å². The molecule has 2 unspecified atom stereocenters. The fourth-order valence-electron chi connectivity index (χ4n) is 3.76. The first-order valence-corrected chi connectivity index (χ1v) is 9.83. The molecule has 2 aromatic heterocycles. The Morgan fingerprint density at radius 1 is 1.38 bits per heavy atom. The summed E-state index contributed by atoms with van der Waals surface area (Å²) in [5.41, 5.74) is 11.8. The third-order valence-corrected chi connectivity index (χ3v) is 6.11. The predicted molar refractivity (Wildman–Crippen MR) is 105 cm³/mol. The van der Waals surface area contributed by atoms with E-state index in [4.69, 9.17) is 5.73 Å². The minimum Gasteiger partial charge on any atom is -0.352 e. The molecule has 26 heavy (non-hydrogen) atoms. The Balaban J connectivity index is 1.68. The maximum Gasteiger partial charge on any atom is 0.251 e. The molecule has 0 saturated heterocycles. The van der Waals surface area contributed by atoms with Crippen LogP contribution < -0.4 is 11.1 Å². The SMILES string of the molecule is CCCNC(=O)c1ccc2c(c1)CC(c1ncnc3scc(C)c13)C2N. The maximum absolute atomic E-state index is 12.3. The van der Waals surface area contributed by atoms with E-state index in [1.807, 2.05) is 25.1 Å². The lowest BCUT2D eigenvalue weighted by molar-refractivity contribution is 0.0953. The Bertz CT molecular complexity index is 981. The van der Waals surface area contributed by atoms with Gasteiger partial charge in [-0.2, -0.15) is 0 Å². The molecule has 134 valence electrons. The lowest BCUT2D eigenvalue weighted by Crippen LogP contribution is -2.24. The summed E-state index contributed by atoms with van der Waals surface area (Å²) in [4.78, 5) is 22.2. The highest BCUT2D eigenvalue weighted by molar-refractivity contribution is 7.16. The normalized spacial score (nSPS) is 18.9. The second-order valence-corrected chi connectivity index (χ2v) is 7.72. The highest BCUT2D eigenvalue weighted by Gasteiger charge is 2.34. The van der Waals surface area contributed by atoms with E-state index >= 15 is 0 Å². The van der Waals surface area contributed by atoms with Crippen LogP contribution >= 0.6 is 11.3 Å². The number of carbonyl (C=O) groups is 1. The highest BCUT2D eigenvalue weighted by Crippen LogP contribution is 2.43. The number of aromatic nitrogens is 2. The zero-order chi connectivity index (χ0) is 18.3. The van der Waals surface area contributed by atoms with Crippen LogP contribution in [0.1, 0.15) is 58.0 Å². The van der Waals surface area contributed by atoms with Crippen molar-refractivity contribution >= 4 is 27.5 Å². The standard InChI is InChI=1S/C20H22N4OS/c1-3-6-22-19(25)12-4-5-14-13(7-12)8-15(17(14)21)18-16-11(2)9-26-20(16)24-10-23-18/h4-5,7,9-10,15,17H,3,6,8,21H2,1-2H3,(H,22,25). The van der Waals surface area contributed by atoms with E-state index in [0.29, 0.717) is 12.1 Å². The summed E-state index contributed by atoms with van der Waals surface area (Å²) in [5, 5.41) is 6.18. The quantitative estimate of drug-likeness (QED) is 0.741. The molecule has 6 heteroatoms. The van der Waals surface area contributed by atoms with Gasteiger partial charge in [0.15, 0.2) is 0 Å². The summed E-state index contributed by atoms with van der Waals surface area (Å²) in [6.07, 6.45) is 3.35. The molecule has 0 aliphatic heterocycles. The second kappa shape index (κ2) is 6.78. The number of rotatable bonds is 4. The number of nitrogens with zero attached hydrogens (tertiary/aromatic N) is 2. The van der Waals surface area contributed by atoms with Gasteiger partial charge in [-0.1, -0.05) is 13.0 Å². The van der Waals surface area contributed by atoms with Gasteiger partial charge in [0.1, 0.15) is 11.2 Å². The van der Waals surface area contributed by atoms with Gasteiger partial charge in [-0.15, -0.1) is 11.3 Å². The van der Waals surface area contributed by atoms with Gasteiger partial charge in [0.05, 0.1) is 5.69 Å². The van der Waals surface area contributed by atoms with E-state index in [2.05, 4.69) is 27.6 Å². The number of hydrogen-bond donors (Lipinski definition) is 2. The Morgan fingerprint density at radius 2 is 2.23 bits per heavy atom. The number of hydrogen-bond acceptors (Lipinski definition) is 5. The van der Waals surface area contributed by atoms with Crippen LogP contribution in [0.4, 0.5) is 0 Å². The first-order valence-electron chi connectivity index (χ1n) is 8.95. The molecule has 3 N–H and O–H groups in total. The largest absolute Gasteiger partial charge is 0.352 e. The number of fused-ring (bicyclic) bond motifs is 2. The first-order chi connectivity index (χ1) is 12.6. The summed E-state index contributed by atoms with van der Waals surface area (Å²) < 4.78 is 0. The lowest BCUT2D eigenvalue weighted by Gasteiger charge is -2.16. The molecular weight excluding hydrogens is 344 g/mol. The molecule has 1 aromatic carbocycles. The molecule has 3 aromatic rings. The van der Waals surface area contributed by atoms with Gasteiger partial charge in [0.2, 0.25) is 0 Å². The molecule has 0 radical (unpaired) electrons. The molecular formula is C20H22N4OS. The van der Waals surface area contributed by atoms with Crippen LogP contribution in [0.5, 0.6) is 0 Å². The van der Waals surface area contributed by atoms with Crippen LogP contribution in [-0.4, -0.2) is 22.4 Å². The van der Waals surface area contributed by atoms with Gasteiger partial charge >= 0.3 is 0 Å². The molecule has 0 saturated carbocycles. The number of aryl methyl sites for hydroxylation is 1. The van der Waals surface area contributed by atoms with E-state index in [0.717, 1.165) is 39.9 Å². The Kier molecular flexibility index (Phi) is 4.46. The molecule has 1 aliphatic rings. The summed E-state index contributed by atoms with van der Waals surface area (Å²) in [7, 11) is 0. The van der Waals surface area contributed by atoms with Crippen LogP contribution in [0, 0.1) is 6.92 Å². The monoisotopic (exact) mass is 366 g/mol. The number of thiophene rings is 1. The molecule has 0 spiro atoms. The molecule has 4 rings (SSSR count). The minimum atomic E-state index is -0.116. The van der Waals surface area contributed by atoms with Crippen LogP contribution in [0.15, 0.2) is 29.9 Å². The maximum atomic E-state index is 12.3. The molecule has 1 aliphatic carbocycles. The fraction of sp³-hybridized carbons (Fsp3) is 0.350. The molecule has 2 heterocycles. The molecule has 5 nitrogen and oxygen atoms in total. The third-order valence-electron chi connectivity index (χ3n) is 5.11. The fourth-order valence-corrected chi connectivity index (χ4v) is 4.66. The number of benzene rings is 1. The average molecular weight is 366 g/mol. The smallest absolute Gasteiger partial charge is 0.251 e. The molecule has 2 atom stereocenters.